The minimum absolute atomic E-state index is 0.206. The number of hydrogen-bond acceptors (Lipinski definition) is 2. The van der Waals surface area contributed by atoms with E-state index in [1.807, 2.05) is 6.07 Å². The standard InChI is InChI=1S/C14H18F3NO/c1-9(18-8-13(19)14(15,16)17)11-6-5-10-3-2-4-12(10)7-11/h5-7,9,13,18-19H,2-4,8H2,1H3. The summed E-state index contributed by atoms with van der Waals surface area (Å²) in [6.45, 7) is 1.32. The van der Waals surface area contributed by atoms with E-state index in [1.54, 1.807) is 6.92 Å². The minimum Gasteiger partial charge on any atom is -0.382 e. The van der Waals surface area contributed by atoms with Gasteiger partial charge in [-0.15, -0.1) is 0 Å². The molecule has 2 nitrogen and oxygen atoms in total. The number of hydrogen-bond donors (Lipinski definition) is 2. The van der Waals surface area contributed by atoms with Gasteiger partial charge >= 0.3 is 6.18 Å². The van der Waals surface area contributed by atoms with Gasteiger partial charge < -0.3 is 10.4 Å². The predicted molar refractivity (Wildman–Crippen MR) is 66.9 cm³/mol. The van der Waals surface area contributed by atoms with Gasteiger partial charge in [0.1, 0.15) is 0 Å². The normalized spacial score (nSPS) is 18.2. The molecule has 0 bridgehead atoms. The van der Waals surface area contributed by atoms with E-state index in [4.69, 9.17) is 5.11 Å². The van der Waals surface area contributed by atoms with E-state index in [0.29, 0.717) is 0 Å². The van der Waals surface area contributed by atoms with Gasteiger partial charge in [-0.2, -0.15) is 13.2 Å². The van der Waals surface area contributed by atoms with Crippen LogP contribution in [0, 0.1) is 0 Å². The number of nitrogens with one attached hydrogen (secondary N) is 1. The zero-order valence-corrected chi connectivity index (χ0v) is 10.8. The Hall–Kier alpha value is -1.07. The summed E-state index contributed by atoms with van der Waals surface area (Å²) >= 11 is 0. The fraction of sp³-hybridized carbons (Fsp3) is 0.571. The summed E-state index contributed by atoms with van der Waals surface area (Å²) in [6.07, 6.45) is -3.60. The third-order valence-corrected chi connectivity index (χ3v) is 3.62. The van der Waals surface area contributed by atoms with Gasteiger partial charge in [0.15, 0.2) is 6.10 Å². The summed E-state index contributed by atoms with van der Waals surface area (Å²) in [5, 5.41) is 11.7. The maximum atomic E-state index is 12.2. The summed E-state index contributed by atoms with van der Waals surface area (Å²) in [4.78, 5) is 0. The first kappa shape index (κ1) is 14.3. The molecule has 0 fully saturated rings. The van der Waals surface area contributed by atoms with Crippen LogP contribution in [-0.4, -0.2) is 23.9 Å². The fourth-order valence-corrected chi connectivity index (χ4v) is 2.38. The van der Waals surface area contributed by atoms with Gasteiger partial charge in [-0.3, -0.25) is 0 Å². The second kappa shape index (κ2) is 5.51. The first-order valence-corrected chi connectivity index (χ1v) is 6.48. The van der Waals surface area contributed by atoms with Gasteiger partial charge in [-0.25, -0.2) is 0 Å². The van der Waals surface area contributed by atoms with Crippen LogP contribution >= 0.6 is 0 Å². The van der Waals surface area contributed by atoms with Crippen molar-refractivity contribution in [1.82, 2.24) is 5.32 Å². The molecule has 1 aromatic rings. The van der Waals surface area contributed by atoms with Gasteiger partial charge in [0.05, 0.1) is 0 Å². The molecule has 0 heterocycles. The lowest BCUT2D eigenvalue weighted by Gasteiger charge is -2.19. The van der Waals surface area contributed by atoms with Crippen molar-refractivity contribution in [2.75, 3.05) is 6.54 Å². The van der Waals surface area contributed by atoms with Crippen LogP contribution in [0.5, 0.6) is 0 Å². The highest BCUT2D eigenvalue weighted by atomic mass is 19.4. The van der Waals surface area contributed by atoms with E-state index in [2.05, 4.69) is 17.4 Å². The summed E-state index contributed by atoms with van der Waals surface area (Å²) in [6, 6.07) is 5.85. The van der Waals surface area contributed by atoms with Crippen LogP contribution < -0.4 is 5.32 Å². The molecular formula is C14H18F3NO. The van der Waals surface area contributed by atoms with Crippen molar-refractivity contribution in [2.24, 2.45) is 0 Å². The Labute approximate surface area is 110 Å². The molecule has 19 heavy (non-hydrogen) atoms. The Balaban J connectivity index is 1.95. The molecule has 0 spiro atoms. The zero-order chi connectivity index (χ0) is 14.0. The number of halogens is 3. The van der Waals surface area contributed by atoms with Gasteiger partial charge in [0.2, 0.25) is 0 Å². The first-order valence-electron chi connectivity index (χ1n) is 6.48. The Kier molecular flexibility index (Phi) is 4.16. The number of rotatable bonds is 4. The predicted octanol–water partition coefficient (Wildman–Crippen LogP) is 2.75. The van der Waals surface area contributed by atoms with E-state index in [9.17, 15) is 13.2 Å². The maximum Gasteiger partial charge on any atom is 0.415 e. The molecule has 2 rings (SSSR count). The molecule has 1 aliphatic carbocycles. The minimum atomic E-state index is -4.56. The third-order valence-electron chi connectivity index (χ3n) is 3.62. The highest BCUT2D eigenvalue weighted by Crippen LogP contribution is 2.26. The summed E-state index contributed by atoms with van der Waals surface area (Å²) in [7, 11) is 0. The van der Waals surface area contributed by atoms with Crippen LogP contribution in [0.2, 0.25) is 0 Å². The first-order chi connectivity index (χ1) is 8.88. The second-order valence-corrected chi connectivity index (χ2v) is 5.07. The van der Waals surface area contributed by atoms with Gasteiger partial charge in [-0.1, -0.05) is 18.2 Å². The van der Waals surface area contributed by atoms with Crippen LogP contribution in [0.4, 0.5) is 13.2 Å². The van der Waals surface area contributed by atoms with Crippen LogP contribution in [-0.2, 0) is 12.8 Å². The number of aliphatic hydroxyl groups is 1. The zero-order valence-electron chi connectivity index (χ0n) is 10.8. The smallest absolute Gasteiger partial charge is 0.382 e. The van der Waals surface area contributed by atoms with Gasteiger partial charge in [0.25, 0.3) is 0 Å². The van der Waals surface area contributed by atoms with Crippen molar-refractivity contribution in [3.63, 3.8) is 0 Å². The molecule has 0 aromatic heterocycles. The molecule has 2 atom stereocenters. The van der Waals surface area contributed by atoms with E-state index in [0.717, 1.165) is 24.8 Å². The van der Waals surface area contributed by atoms with Crippen LogP contribution in [0.1, 0.15) is 36.1 Å². The Morgan fingerprint density at radius 3 is 2.63 bits per heavy atom. The van der Waals surface area contributed by atoms with Crippen molar-refractivity contribution in [3.05, 3.63) is 34.9 Å². The van der Waals surface area contributed by atoms with Crippen molar-refractivity contribution in [1.29, 1.82) is 0 Å². The molecular weight excluding hydrogens is 255 g/mol. The lowest BCUT2D eigenvalue weighted by atomic mass is 10.0. The molecule has 1 aliphatic rings. The molecule has 2 unspecified atom stereocenters. The van der Waals surface area contributed by atoms with Gasteiger partial charge in [0, 0.05) is 12.6 Å². The maximum absolute atomic E-state index is 12.2. The number of benzene rings is 1. The van der Waals surface area contributed by atoms with E-state index < -0.39 is 18.8 Å². The molecule has 0 radical (unpaired) electrons. The molecule has 0 amide bonds. The van der Waals surface area contributed by atoms with Crippen LogP contribution in [0.3, 0.4) is 0 Å². The number of fused-ring (bicyclic) bond motifs is 1. The molecule has 5 heteroatoms. The number of aliphatic hydroxyl groups excluding tert-OH is 1. The quantitative estimate of drug-likeness (QED) is 0.884. The average Bonchev–Trinajstić information content (AvgIpc) is 2.81. The summed E-state index contributed by atoms with van der Waals surface area (Å²) < 4.78 is 36.6. The lowest BCUT2D eigenvalue weighted by molar-refractivity contribution is -0.202. The van der Waals surface area contributed by atoms with E-state index in [1.165, 1.54) is 11.1 Å². The highest BCUT2D eigenvalue weighted by Gasteiger charge is 2.37. The second-order valence-electron chi connectivity index (χ2n) is 5.07. The van der Waals surface area contributed by atoms with Crippen molar-refractivity contribution < 1.29 is 18.3 Å². The topological polar surface area (TPSA) is 32.3 Å². The SMILES string of the molecule is CC(NCC(O)C(F)(F)F)c1ccc2c(c1)CCC2. The summed E-state index contributed by atoms with van der Waals surface area (Å²) in [5.74, 6) is 0. The molecule has 1 aromatic carbocycles. The van der Waals surface area contributed by atoms with Crippen molar-refractivity contribution >= 4 is 0 Å². The largest absolute Gasteiger partial charge is 0.415 e. The molecule has 0 saturated carbocycles. The Morgan fingerprint density at radius 2 is 1.95 bits per heavy atom. The Morgan fingerprint density at radius 1 is 1.26 bits per heavy atom. The van der Waals surface area contributed by atoms with Crippen LogP contribution in [0.25, 0.3) is 0 Å². The third kappa shape index (κ3) is 3.48. The van der Waals surface area contributed by atoms with E-state index in [-0.39, 0.29) is 6.04 Å². The molecule has 0 aliphatic heterocycles. The van der Waals surface area contributed by atoms with Crippen molar-refractivity contribution in [3.8, 4) is 0 Å². The number of aryl methyl sites for hydroxylation is 2. The van der Waals surface area contributed by atoms with Crippen molar-refractivity contribution in [2.45, 2.75) is 44.5 Å². The highest BCUT2D eigenvalue weighted by molar-refractivity contribution is 5.36. The molecule has 106 valence electrons. The monoisotopic (exact) mass is 273 g/mol. The lowest BCUT2D eigenvalue weighted by Crippen LogP contribution is -2.39. The average molecular weight is 273 g/mol. The van der Waals surface area contributed by atoms with Gasteiger partial charge in [-0.05, 0) is 42.9 Å². The molecule has 2 N–H and O–H groups in total. The number of alkyl halides is 3. The summed E-state index contributed by atoms with van der Waals surface area (Å²) in [5.41, 5.74) is 3.60. The van der Waals surface area contributed by atoms with E-state index >= 15 is 0 Å². The molecule has 0 saturated heterocycles. The van der Waals surface area contributed by atoms with Crippen LogP contribution in [0.15, 0.2) is 18.2 Å². The Bertz CT molecular complexity index is 445. The fourth-order valence-electron chi connectivity index (χ4n) is 2.38.